The fourth-order valence-corrected chi connectivity index (χ4v) is 1.84. The van der Waals surface area contributed by atoms with Crippen LogP contribution in [0.2, 0.25) is 0 Å². The van der Waals surface area contributed by atoms with Crippen molar-refractivity contribution in [1.82, 2.24) is 10.1 Å². The molecule has 0 aromatic carbocycles. The number of carbonyl (C=O) groups excluding carboxylic acids is 1. The molecule has 1 atom stereocenters. The fourth-order valence-electron chi connectivity index (χ4n) is 1.84. The zero-order valence-electron chi connectivity index (χ0n) is 11.4. The van der Waals surface area contributed by atoms with Crippen LogP contribution in [0.25, 0.3) is 0 Å². The largest absolute Gasteiger partial charge is 0.444 e. The van der Waals surface area contributed by atoms with Crippen molar-refractivity contribution in [3.63, 3.8) is 0 Å². The van der Waals surface area contributed by atoms with E-state index in [4.69, 9.17) is 19.7 Å². The van der Waals surface area contributed by atoms with E-state index in [1.165, 1.54) is 0 Å². The quantitative estimate of drug-likeness (QED) is 0.832. The molecule has 1 aromatic rings. The van der Waals surface area contributed by atoms with Crippen molar-refractivity contribution in [2.75, 3.05) is 25.5 Å². The second-order valence-electron chi connectivity index (χ2n) is 5.42. The molecule has 1 aromatic heterocycles. The first kappa shape index (κ1) is 13.7. The molecule has 1 unspecified atom stereocenters. The van der Waals surface area contributed by atoms with E-state index in [0.717, 1.165) is 0 Å². The van der Waals surface area contributed by atoms with E-state index in [1.54, 1.807) is 11.0 Å². The standard InChI is InChI=1S/C12H19N3O4/c1-12(2,3)18-11(16)15-4-5-17-7-8(15)9-6-10(13)14-19-9/h6,8H,4-5,7H2,1-3H3,(H2,13,14). The molecule has 106 valence electrons. The fraction of sp³-hybridized carbons (Fsp3) is 0.667. The van der Waals surface area contributed by atoms with E-state index in [0.29, 0.717) is 25.5 Å². The van der Waals surface area contributed by atoms with Gasteiger partial charge in [0.05, 0.1) is 13.2 Å². The van der Waals surface area contributed by atoms with E-state index in [9.17, 15) is 4.79 Å². The molecule has 7 heteroatoms. The summed E-state index contributed by atoms with van der Waals surface area (Å²) < 4.78 is 15.9. The van der Waals surface area contributed by atoms with E-state index in [2.05, 4.69) is 5.16 Å². The van der Waals surface area contributed by atoms with Crippen molar-refractivity contribution >= 4 is 11.9 Å². The van der Waals surface area contributed by atoms with Gasteiger partial charge in [-0.15, -0.1) is 0 Å². The minimum atomic E-state index is -0.541. The summed E-state index contributed by atoms with van der Waals surface area (Å²) in [5, 5.41) is 3.63. The molecular formula is C12H19N3O4. The molecule has 1 aliphatic heterocycles. The lowest BCUT2D eigenvalue weighted by Crippen LogP contribution is -2.45. The van der Waals surface area contributed by atoms with Crippen molar-refractivity contribution in [3.8, 4) is 0 Å². The minimum absolute atomic E-state index is 0.282. The summed E-state index contributed by atoms with van der Waals surface area (Å²) in [7, 11) is 0. The van der Waals surface area contributed by atoms with Gasteiger partial charge >= 0.3 is 6.09 Å². The van der Waals surface area contributed by atoms with Crippen LogP contribution < -0.4 is 5.73 Å². The maximum atomic E-state index is 12.2. The molecule has 1 aliphatic rings. The van der Waals surface area contributed by atoms with Crippen molar-refractivity contribution in [3.05, 3.63) is 11.8 Å². The first-order valence-corrected chi connectivity index (χ1v) is 6.16. The number of nitrogens with zero attached hydrogens (tertiary/aromatic N) is 2. The predicted octanol–water partition coefficient (Wildman–Crippen LogP) is 1.57. The third-order valence-electron chi connectivity index (χ3n) is 2.63. The molecule has 2 heterocycles. The Balaban J connectivity index is 2.14. The molecule has 0 spiro atoms. The van der Waals surface area contributed by atoms with Gasteiger partial charge in [-0.2, -0.15) is 0 Å². The maximum Gasteiger partial charge on any atom is 0.411 e. The Morgan fingerprint density at radius 2 is 2.32 bits per heavy atom. The number of nitrogens with two attached hydrogens (primary N) is 1. The Morgan fingerprint density at radius 1 is 1.58 bits per heavy atom. The van der Waals surface area contributed by atoms with E-state index < -0.39 is 11.7 Å². The third kappa shape index (κ3) is 3.37. The van der Waals surface area contributed by atoms with Gasteiger partial charge in [-0.05, 0) is 20.8 Å². The number of hydrogen-bond donors (Lipinski definition) is 1. The Bertz CT molecular complexity index is 452. The highest BCUT2D eigenvalue weighted by Crippen LogP contribution is 2.27. The number of hydrogen-bond acceptors (Lipinski definition) is 6. The lowest BCUT2D eigenvalue weighted by molar-refractivity contribution is -0.0388. The van der Waals surface area contributed by atoms with Gasteiger partial charge < -0.3 is 19.7 Å². The van der Waals surface area contributed by atoms with Crippen molar-refractivity contribution in [1.29, 1.82) is 0 Å². The molecule has 0 aliphatic carbocycles. The molecule has 19 heavy (non-hydrogen) atoms. The molecule has 1 amide bonds. The lowest BCUT2D eigenvalue weighted by atomic mass is 10.1. The van der Waals surface area contributed by atoms with Crippen molar-refractivity contribution < 1.29 is 18.8 Å². The molecule has 0 saturated carbocycles. The Labute approximate surface area is 111 Å². The smallest absolute Gasteiger partial charge is 0.411 e. The number of rotatable bonds is 1. The van der Waals surface area contributed by atoms with Crippen LogP contribution in [-0.2, 0) is 9.47 Å². The topological polar surface area (TPSA) is 90.8 Å². The summed E-state index contributed by atoms with van der Waals surface area (Å²) in [4.78, 5) is 13.7. The lowest BCUT2D eigenvalue weighted by Gasteiger charge is -2.35. The highest BCUT2D eigenvalue weighted by atomic mass is 16.6. The van der Waals surface area contributed by atoms with Crippen molar-refractivity contribution in [2.24, 2.45) is 0 Å². The number of ether oxygens (including phenoxy) is 2. The monoisotopic (exact) mass is 269 g/mol. The first-order valence-electron chi connectivity index (χ1n) is 6.16. The molecule has 1 fully saturated rings. The first-order chi connectivity index (χ1) is 8.87. The highest BCUT2D eigenvalue weighted by molar-refractivity contribution is 5.69. The van der Waals surface area contributed by atoms with Gasteiger partial charge in [0, 0.05) is 12.6 Å². The van der Waals surface area contributed by atoms with Crippen molar-refractivity contribution in [2.45, 2.75) is 32.4 Å². The molecule has 7 nitrogen and oxygen atoms in total. The van der Waals surface area contributed by atoms with Crippen LogP contribution in [0, 0.1) is 0 Å². The van der Waals surface area contributed by atoms with Gasteiger partial charge in [-0.3, -0.25) is 4.90 Å². The molecule has 1 saturated heterocycles. The third-order valence-corrected chi connectivity index (χ3v) is 2.63. The Hall–Kier alpha value is -1.76. The van der Waals surface area contributed by atoms with Gasteiger partial charge in [-0.1, -0.05) is 5.16 Å². The summed E-state index contributed by atoms with van der Waals surface area (Å²) in [6.45, 7) is 6.74. The molecular weight excluding hydrogens is 250 g/mol. The van der Waals surface area contributed by atoms with Crippen LogP contribution in [-0.4, -0.2) is 41.5 Å². The highest BCUT2D eigenvalue weighted by Gasteiger charge is 2.34. The Morgan fingerprint density at radius 3 is 2.89 bits per heavy atom. The van der Waals surface area contributed by atoms with Gasteiger partial charge in [0.2, 0.25) is 0 Å². The van der Waals surface area contributed by atoms with Crippen LogP contribution in [0.3, 0.4) is 0 Å². The number of anilines is 1. The zero-order chi connectivity index (χ0) is 14.0. The van der Waals surface area contributed by atoms with E-state index >= 15 is 0 Å². The zero-order valence-corrected chi connectivity index (χ0v) is 11.4. The molecule has 2 rings (SSSR count). The average Bonchev–Trinajstić information content (AvgIpc) is 2.73. The Kier molecular flexibility index (Phi) is 3.66. The van der Waals surface area contributed by atoms with Gasteiger partial charge in [0.25, 0.3) is 0 Å². The predicted molar refractivity (Wildman–Crippen MR) is 67.4 cm³/mol. The van der Waals surface area contributed by atoms with Gasteiger partial charge in [0.15, 0.2) is 11.6 Å². The summed E-state index contributed by atoms with van der Waals surface area (Å²) in [5.41, 5.74) is 4.99. The van der Waals surface area contributed by atoms with Gasteiger partial charge in [0.1, 0.15) is 11.6 Å². The number of morpholine rings is 1. The molecule has 0 radical (unpaired) electrons. The van der Waals surface area contributed by atoms with Crippen LogP contribution in [0.1, 0.15) is 32.6 Å². The average molecular weight is 269 g/mol. The second-order valence-corrected chi connectivity index (χ2v) is 5.42. The summed E-state index contributed by atoms with van der Waals surface area (Å²) in [6.07, 6.45) is -0.393. The maximum absolute atomic E-state index is 12.2. The molecule has 2 N–H and O–H groups in total. The van der Waals surface area contributed by atoms with Crippen LogP contribution in [0.5, 0.6) is 0 Å². The van der Waals surface area contributed by atoms with Crippen LogP contribution >= 0.6 is 0 Å². The normalized spacial score (nSPS) is 20.4. The second kappa shape index (κ2) is 5.08. The number of amides is 1. The van der Waals surface area contributed by atoms with Crippen LogP contribution in [0.4, 0.5) is 10.6 Å². The number of aromatic nitrogens is 1. The SMILES string of the molecule is CC(C)(C)OC(=O)N1CCOCC1c1cc(N)no1. The van der Waals surface area contributed by atoms with E-state index in [1.807, 2.05) is 20.8 Å². The van der Waals surface area contributed by atoms with Gasteiger partial charge in [-0.25, -0.2) is 4.79 Å². The number of carbonyl (C=O) groups is 1. The summed E-state index contributed by atoms with van der Waals surface area (Å²) in [6, 6.07) is 1.24. The number of nitrogen functional groups attached to an aromatic ring is 1. The summed E-state index contributed by atoms with van der Waals surface area (Å²) in [5.74, 6) is 0.785. The molecule has 0 bridgehead atoms. The minimum Gasteiger partial charge on any atom is -0.444 e. The summed E-state index contributed by atoms with van der Waals surface area (Å²) >= 11 is 0. The van der Waals surface area contributed by atoms with Crippen LogP contribution in [0.15, 0.2) is 10.6 Å². The van der Waals surface area contributed by atoms with E-state index in [-0.39, 0.29) is 11.9 Å².